The van der Waals surface area contributed by atoms with Crippen LogP contribution in [0, 0.1) is 17.0 Å². The first-order chi connectivity index (χ1) is 6.32. The summed E-state index contributed by atoms with van der Waals surface area (Å²) < 4.78 is 22.1. The average Bonchev–Trinajstić information content (AvgIpc) is 2.01. The van der Waals surface area contributed by atoms with Gasteiger partial charge in [0.05, 0.1) is 4.92 Å². The Balaban J connectivity index is 0.00000196. The highest BCUT2D eigenvalue weighted by Gasteiger charge is 2.22. The summed E-state index contributed by atoms with van der Waals surface area (Å²) in [7, 11) is -3.84. The molecule has 0 spiro atoms. The van der Waals surface area contributed by atoms with E-state index >= 15 is 0 Å². The Morgan fingerprint density at radius 3 is 2.33 bits per heavy atom. The molecule has 8 heteroatoms. The van der Waals surface area contributed by atoms with Gasteiger partial charge in [-0.05, 0) is 30.2 Å². The number of nitrogens with zero attached hydrogens (tertiary/aromatic N) is 1. The second-order valence-electron chi connectivity index (χ2n) is 2.70. The molecule has 0 radical (unpaired) electrons. The minimum absolute atomic E-state index is 0. The van der Waals surface area contributed by atoms with Crippen molar-refractivity contribution in [1.29, 1.82) is 0 Å². The Labute approximate surface area is 97.8 Å². The van der Waals surface area contributed by atoms with E-state index in [9.17, 15) is 18.5 Å². The molecule has 0 amide bonds. The molecule has 15 heavy (non-hydrogen) atoms. The lowest BCUT2D eigenvalue weighted by atomic mass is 10.2. The van der Waals surface area contributed by atoms with Crippen LogP contribution in [-0.4, -0.2) is 13.3 Å². The summed E-state index contributed by atoms with van der Waals surface area (Å²) in [5, 5.41) is 10.5. The molecule has 0 N–H and O–H groups in total. The standard InChI is InChI=1S/C7H7NO4S2.ClH/c1-5-2-3-7(14(11,12)13)6(4-5)8(9)10;/h2-4H,1H3,(H,11,12,13);1H. The molecule has 0 atom stereocenters. The van der Waals surface area contributed by atoms with Gasteiger partial charge in [0.1, 0.15) is 0 Å². The van der Waals surface area contributed by atoms with Crippen molar-refractivity contribution in [2.24, 2.45) is 0 Å². The van der Waals surface area contributed by atoms with E-state index in [2.05, 4.69) is 11.7 Å². The average molecular weight is 270 g/mol. The Hall–Kier alpha value is -0.790. The van der Waals surface area contributed by atoms with Gasteiger partial charge in [0.2, 0.25) is 8.87 Å². The lowest BCUT2D eigenvalue weighted by molar-refractivity contribution is -0.387. The van der Waals surface area contributed by atoms with Gasteiger partial charge < -0.3 is 0 Å². The highest BCUT2D eigenvalue weighted by molar-refractivity contribution is 8.63. The molecule has 5 nitrogen and oxygen atoms in total. The molecule has 0 aromatic heterocycles. The summed E-state index contributed by atoms with van der Waals surface area (Å²) in [5.41, 5.74) is 0.178. The molecule has 0 heterocycles. The van der Waals surface area contributed by atoms with Gasteiger partial charge in [-0.1, -0.05) is 6.07 Å². The fourth-order valence-electron chi connectivity index (χ4n) is 0.988. The number of hydrogen-bond acceptors (Lipinski definition) is 4. The van der Waals surface area contributed by atoms with Crippen LogP contribution in [0.4, 0.5) is 5.69 Å². The molecule has 1 aromatic rings. The van der Waals surface area contributed by atoms with Crippen LogP contribution >= 0.6 is 24.1 Å². The smallest absolute Gasteiger partial charge is 0.258 e. The summed E-state index contributed by atoms with van der Waals surface area (Å²) in [6, 6.07) is 3.86. The van der Waals surface area contributed by atoms with Crippen LogP contribution in [-0.2, 0) is 8.87 Å². The van der Waals surface area contributed by atoms with Crippen molar-refractivity contribution in [3.8, 4) is 0 Å². The van der Waals surface area contributed by atoms with Crippen LogP contribution in [0.3, 0.4) is 0 Å². The van der Waals surface area contributed by atoms with E-state index in [-0.39, 0.29) is 17.3 Å². The highest BCUT2D eigenvalue weighted by atomic mass is 35.5. The second-order valence-corrected chi connectivity index (χ2v) is 5.54. The lowest BCUT2D eigenvalue weighted by Crippen LogP contribution is -1.99. The minimum Gasteiger partial charge on any atom is -0.258 e. The number of aryl methyl sites for hydroxylation is 1. The largest absolute Gasteiger partial charge is 0.289 e. The minimum atomic E-state index is -3.84. The van der Waals surface area contributed by atoms with E-state index in [1.807, 2.05) is 0 Å². The zero-order chi connectivity index (χ0) is 10.9. The molecular formula is C7H8ClNO4S2. The maximum absolute atomic E-state index is 11.0. The maximum atomic E-state index is 11.0. The van der Waals surface area contributed by atoms with Gasteiger partial charge >= 0.3 is 0 Å². The third-order valence-corrected chi connectivity index (χ3v) is 3.08. The maximum Gasteiger partial charge on any atom is 0.289 e. The number of rotatable bonds is 2. The van der Waals surface area contributed by atoms with E-state index in [0.717, 1.165) is 0 Å². The van der Waals surface area contributed by atoms with E-state index in [1.165, 1.54) is 18.2 Å². The Kier molecular flexibility index (Phi) is 4.57. The van der Waals surface area contributed by atoms with Crippen molar-refractivity contribution in [2.45, 2.75) is 11.8 Å². The molecule has 0 aliphatic rings. The number of hydrogen-bond donors (Lipinski definition) is 1. The van der Waals surface area contributed by atoms with Gasteiger partial charge in [0, 0.05) is 6.07 Å². The number of thiol groups is 1. The van der Waals surface area contributed by atoms with Crippen molar-refractivity contribution in [1.82, 2.24) is 0 Å². The van der Waals surface area contributed by atoms with Gasteiger partial charge in [-0.3, -0.25) is 10.1 Å². The van der Waals surface area contributed by atoms with Gasteiger partial charge in [-0.25, -0.2) is 8.42 Å². The van der Waals surface area contributed by atoms with Gasteiger partial charge in [-0.15, -0.1) is 12.4 Å². The zero-order valence-electron chi connectivity index (χ0n) is 7.58. The second kappa shape index (κ2) is 4.82. The first-order valence-electron chi connectivity index (χ1n) is 3.55. The topological polar surface area (TPSA) is 77.3 Å². The molecule has 0 fully saturated rings. The quantitative estimate of drug-likeness (QED) is 0.385. The van der Waals surface area contributed by atoms with Gasteiger partial charge in [0.25, 0.3) is 5.69 Å². The van der Waals surface area contributed by atoms with E-state index < -0.39 is 19.5 Å². The van der Waals surface area contributed by atoms with Crippen molar-refractivity contribution < 1.29 is 13.3 Å². The number of benzene rings is 1. The fraction of sp³-hybridized carbons (Fsp3) is 0.143. The van der Waals surface area contributed by atoms with Crippen molar-refractivity contribution >= 4 is 38.6 Å². The molecule has 0 bridgehead atoms. The van der Waals surface area contributed by atoms with E-state index in [1.54, 1.807) is 6.92 Å². The van der Waals surface area contributed by atoms with E-state index in [0.29, 0.717) is 5.56 Å². The SMILES string of the molecule is Cc1ccc(S(=O)(=O)S)c([N+](=O)[O-])c1.Cl. The third kappa shape index (κ3) is 3.37. The van der Waals surface area contributed by atoms with Crippen LogP contribution in [0.5, 0.6) is 0 Å². The Morgan fingerprint density at radius 1 is 1.40 bits per heavy atom. The first-order valence-corrected chi connectivity index (χ1v) is 6.08. The predicted molar refractivity (Wildman–Crippen MR) is 61.3 cm³/mol. The molecule has 84 valence electrons. The first kappa shape index (κ1) is 14.2. The van der Waals surface area contributed by atoms with Gasteiger partial charge in [-0.2, -0.15) is 0 Å². The summed E-state index contributed by atoms with van der Waals surface area (Å²) in [4.78, 5) is 9.41. The zero-order valence-corrected chi connectivity index (χ0v) is 10.1. The number of nitro groups is 1. The van der Waals surface area contributed by atoms with Crippen LogP contribution in [0.15, 0.2) is 23.1 Å². The number of nitro benzene ring substituents is 1. The monoisotopic (exact) mass is 269 g/mol. The van der Waals surface area contributed by atoms with Gasteiger partial charge in [0.15, 0.2) is 4.90 Å². The molecule has 0 aliphatic heterocycles. The summed E-state index contributed by atoms with van der Waals surface area (Å²) >= 11 is 3.31. The van der Waals surface area contributed by atoms with Crippen molar-refractivity contribution in [3.05, 3.63) is 33.9 Å². The molecule has 0 saturated carbocycles. The van der Waals surface area contributed by atoms with Crippen LogP contribution in [0.25, 0.3) is 0 Å². The van der Waals surface area contributed by atoms with E-state index in [4.69, 9.17) is 0 Å². The highest BCUT2D eigenvalue weighted by Crippen LogP contribution is 2.27. The van der Waals surface area contributed by atoms with Crippen LogP contribution in [0.2, 0.25) is 0 Å². The molecule has 0 unspecified atom stereocenters. The molecule has 1 rings (SSSR count). The number of halogens is 1. The summed E-state index contributed by atoms with van der Waals surface area (Å²) in [5.74, 6) is 0. The molecule has 0 aliphatic carbocycles. The fourth-order valence-corrected chi connectivity index (χ4v) is 2.09. The van der Waals surface area contributed by atoms with Crippen molar-refractivity contribution in [3.63, 3.8) is 0 Å². The van der Waals surface area contributed by atoms with Crippen LogP contribution < -0.4 is 0 Å². The van der Waals surface area contributed by atoms with Crippen molar-refractivity contribution in [2.75, 3.05) is 0 Å². The molecule has 0 saturated heterocycles. The molecule has 1 aromatic carbocycles. The molecular weight excluding hydrogens is 262 g/mol. The summed E-state index contributed by atoms with van der Waals surface area (Å²) in [6.07, 6.45) is 0. The lowest BCUT2D eigenvalue weighted by Gasteiger charge is -2.00. The predicted octanol–water partition coefficient (Wildman–Crippen LogP) is 1.94. The normalized spacial score (nSPS) is 10.5. The summed E-state index contributed by atoms with van der Waals surface area (Å²) in [6.45, 7) is 1.64. The Bertz CT molecular complexity index is 486. The Morgan fingerprint density at radius 2 is 1.93 bits per heavy atom. The van der Waals surface area contributed by atoms with Crippen LogP contribution in [0.1, 0.15) is 5.56 Å². The third-order valence-electron chi connectivity index (χ3n) is 1.59.